The molecule has 11 heteroatoms. The molecule has 0 aliphatic carbocycles. The molecule has 0 saturated carbocycles. The summed E-state index contributed by atoms with van der Waals surface area (Å²) in [7, 11) is -2.88. The number of carbonyl (C=O) groups excluding carboxylic acids is 2. The van der Waals surface area contributed by atoms with E-state index in [1.54, 1.807) is 24.3 Å². The van der Waals surface area contributed by atoms with Crippen LogP contribution in [0.1, 0.15) is 11.1 Å². The molecule has 0 radical (unpaired) electrons. The summed E-state index contributed by atoms with van der Waals surface area (Å²) in [5.41, 5.74) is 0.578. The summed E-state index contributed by atoms with van der Waals surface area (Å²) in [5.74, 6) is -1.32. The molecule has 0 aromatic heterocycles. The fourth-order valence-corrected chi connectivity index (χ4v) is 5.35. The van der Waals surface area contributed by atoms with Gasteiger partial charge >= 0.3 is 10.1 Å². The second-order valence-electron chi connectivity index (χ2n) is 7.24. The minimum absolute atomic E-state index is 0.00819. The maximum atomic E-state index is 14.0. The number of thioether (sulfide) groups is 1. The summed E-state index contributed by atoms with van der Waals surface area (Å²) in [5, 5.41) is -0.628. The van der Waals surface area contributed by atoms with Gasteiger partial charge < -0.3 is 8.92 Å². The van der Waals surface area contributed by atoms with E-state index in [2.05, 4.69) is 0 Å². The zero-order valence-corrected chi connectivity index (χ0v) is 20.5. The van der Waals surface area contributed by atoms with Crippen LogP contribution in [0.3, 0.4) is 0 Å². The van der Waals surface area contributed by atoms with Gasteiger partial charge in [-0.05, 0) is 53.7 Å². The molecule has 7 nitrogen and oxygen atoms in total. The van der Waals surface area contributed by atoms with E-state index in [4.69, 9.17) is 20.5 Å². The van der Waals surface area contributed by atoms with Crippen LogP contribution in [0.5, 0.6) is 11.5 Å². The lowest BCUT2D eigenvalue weighted by Crippen LogP contribution is -2.27. The molecule has 1 fully saturated rings. The van der Waals surface area contributed by atoms with Gasteiger partial charge in [-0.3, -0.25) is 14.5 Å². The van der Waals surface area contributed by atoms with Gasteiger partial charge in [0.25, 0.3) is 11.1 Å². The highest BCUT2D eigenvalue weighted by Crippen LogP contribution is 2.40. The van der Waals surface area contributed by atoms with Gasteiger partial charge in [-0.15, -0.1) is 0 Å². The maximum Gasteiger partial charge on any atom is 0.339 e. The predicted molar refractivity (Wildman–Crippen MR) is 130 cm³/mol. The van der Waals surface area contributed by atoms with Crippen molar-refractivity contribution in [3.05, 3.63) is 93.6 Å². The molecule has 0 atom stereocenters. The maximum absolute atomic E-state index is 14.0. The third kappa shape index (κ3) is 5.34. The van der Waals surface area contributed by atoms with Gasteiger partial charge in [0, 0.05) is 5.56 Å². The van der Waals surface area contributed by atoms with Gasteiger partial charge in [-0.25, -0.2) is 4.39 Å². The molecular formula is C24H17ClFNO6S2. The van der Waals surface area contributed by atoms with E-state index in [0.29, 0.717) is 17.3 Å². The van der Waals surface area contributed by atoms with Crippen molar-refractivity contribution in [2.75, 3.05) is 7.11 Å². The molecule has 1 saturated heterocycles. The largest absolute Gasteiger partial charge is 0.493 e. The minimum Gasteiger partial charge on any atom is -0.493 e. The Morgan fingerprint density at radius 3 is 2.43 bits per heavy atom. The van der Waals surface area contributed by atoms with Crippen LogP contribution in [0, 0.1) is 5.82 Å². The van der Waals surface area contributed by atoms with E-state index in [0.717, 1.165) is 4.90 Å². The highest BCUT2D eigenvalue weighted by Gasteiger charge is 2.35. The van der Waals surface area contributed by atoms with Crippen LogP contribution in [0.15, 0.2) is 76.5 Å². The number of amides is 2. The van der Waals surface area contributed by atoms with Gasteiger partial charge in [0.2, 0.25) is 5.75 Å². The molecule has 0 unspecified atom stereocenters. The number of imide groups is 1. The summed E-state index contributed by atoms with van der Waals surface area (Å²) >= 11 is 7.00. The molecule has 3 aromatic rings. The van der Waals surface area contributed by atoms with Crippen LogP contribution >= 0.6 is 23.4 Å². The Balaban J connectivity index is 1.61. The fourth-order valence-electron chi connectivity index (χ4n) is 3.23. The molecule has 4 rings (SSSR count). The number of rotatable bonds is 7. The zero-order chi connectivity index (χ0) is 25.2. The van der Waals surface area contributed by atoms with Crippen molar-refractivity contribution >= 4 is 50.7 Å². The SMILES string of the molecule is COc1cc(/C=C2\SC(=O)N(Cc3ccccc3F)C2=O)cc(Cl)c1OS(=O)(=O)c1ccccc1. The molecule has 1 aliphatic heterocycles. The third-order valence-electron chi connectivity index (χ3n) is 4.93. The standard InChI is InChI=1S/C24H17ClFNO6S2/c1-32-20-12-15(11-18(25)22(20)33-35(30,31)17-8-3-2-4-9-17)13-21-23(28)27(24(29)34-21)14-16-7-5-6-10-19(16)26/h2-13H,14H2,1H3/b21-13-. The number of halogens is 2. The molecule has 35 heavy (non-hydrogen) atoms. The number of methoxy groups -OCH3 is 1. The van der Waals surface area contributed by atoms with E-state index in [1.807, 2.05) is 0 Å². The molecule has 0 bridgehead atoms. The quantitative estimate of drug-likeness (QED) is 0.293. The molecule has 180 valence electrons. The van der Waals surface area contributed by atoms with Crippen molar-refractivity contribution in [2.24, 2.45) is 0 Å². The first kappa shape index (κ1) is 24.8. The average molecular weight is 534 g/mol. The lowest BCUT2D eigenvalue weighted by Gasteiger charge is -2.14. The fraction of sp³-hybridized carbons (Fsp3) is 0.0833. The predicted octanol–water partition coefficient (Wildman–Crippen LogP) is 5.49. The van der Waals surface area contributed by atoms with E-state index in [-0.39, 0.29) is 38.4 Å². The summed E-state index contributed by atoms with van der Waals surface area (Å²) in [4.78, 5) is 26.2. The number of carbonyl (C=O) groups is 2. The van der Waals surface area contributed by atoms with Crippen molar-refractivity contribution < 1.29 is 31.3 Å². The molecule has 1 aliphatic rings. The second kappa shape index (κ2) is 10.1. The summed E-state index contributed by atoms with van der Waals surface area (Å²) < 4.78 is 49.7. The molecule has 0 spiro atoms. The molecule has 0 N–H and O–H groups in total. The Labute approximate surface area is 210 Å². The zero-order valence-electron chi connectivity index (χ0n) is 18.1. The lowest BCUT2D eigenvalue weighted by atomic mass is 10.1. The first-order chi connectivity index (χ1) is 16.7. The summed E-state index contributed by atoms with van der Waals surface area (Å²) in [6.07, 6.45) is 1.41. The van der Waals surface area contributed by atoms with Crippen LogP contribution < -0.4 is 8.92 Å². The topological polar surface area (TPSA) is 90.0 Å². The van der Waals surface area contributed by atoms with Crippen LogP contribution in [0.4, 0.5) is 9.18 Å². The minimum atomic E-state index is -4.18. The van der Waals surface area contributed by atoms with Crippen LogP contribution in [0.2, 0.25) is 5.02 Å². The summed E-state index contributed by atoms with van der Waals surface area (Å²) in [6, 6.07) is 16.2. The van der Waals surface area contributed by atoms with Crippen molar-refractivity contribution in [1.29, 1.82) is 0 Å². The Morgan fingerprint density at radius 1 is 1.06 bits per heavy atom. The van der Waals surface area contributed by atoms with E-state index >= 15 is 0 Å². The number of benzene rings is 3. The Morgan fingerprint density at radius 2 is 1.74 bits per heavy atom. The van der Waals surface area contributed by atoms with E-state index < -0.39 is 27.1 Å². The van der Waals surface area contributed by atoms with Gasteiger partial charge in [-0.2, -0.15) is 8.42 Å². The van der Waals surface area contributed by atoms with Crippen molar-refractivity contribution in [2.45, 2.75) is 11.4 Å². The number of hydrogen-bond acceptors (Lipinski definition) is 7. The average Bonchev–Trinajstić information content (AvgIpc) is 3.09. The number of ether oxygens (including phenoxy) is 1. The molecule has 1 heterocycles. The molecule has 2 amide bonds. The third-order valence-corrected chi connectivity index (χ3v) is 7.36. The van der Waals surface area contributed by atoms with Crippen LogP contribution in [0.25, 0.3) is 6.08 Å². The van der Waals surface area contributed by atoms with Crippen LogP contribution in [-0.2, 0) is 21.5 Å². The van der Waals surface area contributed by atoms with Crippen molar-refractivity contribution in [1.82, 2.24) is 4.90 Å². The molecule has 3 aromatic carbocycles. The van der Waals surface area contributed by atoms with Gasteiger partial charge in [0.05, 0.1) is 23.6 Å². The second-order valence-corrected chi connectivity index (χ2v) is 10.2. The monoisotopic (exact) mass is 533 g/mol. The van der Waals surface area contributed by atoms with E-state index in [9.17, 15) is 22.4 Å². The highest BCUT2D eigenvalue weighted by molar-refractivity contribution is 8.18. The number of hydrogen-bond donors (Lipinski definition) is 0. The first-order valence-electron chi connectivity index (χ1n) is 10.1. The summed E-state index contributed by atoms with van der Waals surface area (Å²) in [6.45, 7) is -0.205. The van der Waals surface area contributed by atoms with Gasteiger partial charge in [-0.1, -0.05) is 48.0 Å². The Bertz CT molecular complexity index is 1440. The Kier molecular flexibility index (Phi) is 7.15. The Hall–Kier alpha value is -3.34. The van der Waals surface area contributed by atoms with Gasteiger partial charge in [0.15, 0.2) is 5.75 Å². The lowest BCUT2D eigenvalue weighted by molar-refractivity contribution is -0.123. The van der Waals surface area contributed by atoms with E-state index in [1.165, 1.54) is 55.7 Å². The normalized spacial score (nSPS) is 15.1. The number of nitrogens with zero attached hydrogens (tertiary/aromatic N) is 1. The van der Waals surface area contributed by atoms with Crippen molar-refractivity contribution in [3.8, 4) is 11.5 Å². The molecular weight excluding hydrogens is 517 g/mol. The first-order valence-corrected chi connectivity index (χ1v) is 12.7. The van der Waals surface area contributed by atoms with Gasteiger partial charge in [0.1, 0.15) is 10.7 Å². The highest BCUT2D eigenvalue weighted by atomic mass is 35.5. The smallest absolute Gasteiger partial charge is 0.339 e. The van der Waals surface area contributed by atoms with Crippen LogP contribution in [-0.4, -0.2) is 31.6 Å². The van der Waals surface area contributed by atoms with Crippen molar-refractivity contribution in [3.63, 3.8) is 0 Å².